The summed E-state index contributed by atoms with van der Waals surface area (Å²) in [6.45, 7) is 0. The van der Waals surface area contributed by atoms with Gasteiger partial charge in [-0.1, -0.05) is 0 Å². The molecule has 2 unspecified atom stereocenters. The zero-order valence-electron chi connectivity index (χ0n) is 9.10. The largest absolute Gasteiger partial charge is 0.294 e. The number of imide groups is 1. The topological polar surface area (TPSA) is 93.8 Å². The van der Waals surface area contributed by atoms with Crippen LogP contribution in [-0.4, -0.2) is 23.3 Å². The van der Waals surface area contributed by atoms with Gasteiger partial charge in [0.15, 0.2) is 0 Å². The summed E-state index contributed by atoms with van der Waals surface area (Å²) in [5, 5.41) is 20.4. The minimum absolute atomic E-state index is 0.530. The molecule has 0 bridgehead atoms. The van der Waals surface area contributed by atoms with Crippen LogP contribution in [0.15, 0.2) is 0 Å². The van der Waals surface area contributed by atoms with Crippen LogP contribution in [0.1, 0.15) is 12.8 Å². The van der Waals surface area contributed by atoms with Gasteiger partial charge in [-0.25, -0.2) is 0 Å². The zero-order chi connectivity index (χ0) is 12.5. The van der Waals surface area contributed by atoms with Crippen molar-refractivity contribution in [1.82, 2.24) is 5.32 Å². The molecule has 6 heteroatoms. The van der Waals surface area contributed by atoms with Crippen LogP contribution in [0.25, 0.3) is 0 Å². The molecule has 0 radical (unpaired) electrons. The van der Waals surface area contributed by atoms with Gasteiger partial charge in [0.1, 0.15) is 11.8 Å². The highest BCUT2D eigenvalue weighted by atomic mass is 32.2. The van der Waals surface area contributed by atoms with Crippen molar-refractivity contribution in [2.24, 2.45) is 17.3 Å². The molecule has 2 heterocycles. The predicted octanol–water partition coefficient (Wildman–Crippen LogP) is 0.436. The second-order valence-electron chi connectivity index (χ2n) is 4.37. The van der Waals surface area contributed by atoms with Crippen molar-refractivity contribution in [3.8, 4) is 12.1 Å². The second kappa shape index (κ2) is 4.38. The summed E-state index contributed by atoms with van der Waals surface area (Å²) in [5.41, 5.74) is -0.786. The van der Waals surface area contributed by atoms with Crippen molar-refractivity contribution < 1.29 is 9.59 Å². The lowest BCUT2D eigenvalue weighted by Crippen LogP contribution is -2.59. The van der Waals surface area contributed by atoms with Crippen molar-refractivity contribution in [2.75, 3.05) is 11.5 Å². The highest BCUT2D eigenvalue weighted by molar-refractivity contribution is 7.99. The van der Waals surface area contributed by atoms with Crippen LogP contribution < -0.4 is 5.32 Å². The molecular weight excluding hydrogens is 238 g/mol. The number of rotatable bonds is 0. The maximum Gasteiger partial charge on any atom is 0.244 e. The highest BCUT2D eigenvalue weighted by Crippen LogP contribution is 2.48. The Kier molecular flexibility index (Phi) is 3.08. The van der Waals surface area contributed by atoms with E-state index >= 15 is 0 Å². The molecule has 2 aliphatic heterocycles. The van der Waals surface area contributed by atoms with Crippen LogP contribution in [0.3, 0.4) is 0 Å². The summed E-state index contributed by atoms with van der Waals surface area (Å²) in [5.74, 6) is -1.40. The Bertz CT molecular complexity index is 409. The van der Waals surface area contributed by atoms with E-state index < -0.39 is 29.1 Å². The molecule has 1 spiro atoms. The van der Waals surface area contributed by atoms with Crippen LogP contribution in [0.4, 0.5) is 0 Å². The molecule has 88 valence electrons. The fourth-order valence-electron chi connectivity index (χ4n) is 2.62. The molecule has 2 fully saturated rings. The highest BCUT2D eigenvalue weighted by Gasteiger charge is 2.56. The molecule has 0 aromatic carbocycles. The van der Waals surface area contributed by atoms with E-state index in [1.807, 2.05) is 12.1 Å². The van der Waals surface area contributed by atoms with Gasteiger partial charge in [0.05, 0.1) is 12.1 Å². The standard InChI is InChI=1S/C11H11N3O2S/c12-4-7-9(15)14-10(16)8(5-13)11(7)2-1-3-17-6-11/h7-8H,1-3,6H2,(H,14,15,16). The van der Waals surface area contributed by atoms with Gasteiger partial charge < -0.3 is 0 Å². The number of amides is 2. The number of thioether (sulfide) groups is 1. The lowest BCUT2D eigenvalue weighted by molar-refractivity contribution is -0.144. The summed E-state index contributed by atoms with van der Waals surface area (Å²) >= 11 is 1.61. The quantitative estimate of drug-likeness (QED) is 0.628. The average molecular weight is 249 g/mol. The van der Waals surface area contributed by atoms with E-state index in [0.29, 0.717) is 12.2 Å². The van der Waals surface area contributed by atoms with Gasteiger partial charge in [0, 0.05) is 11.2 Å². The maximum absolute atomic E-state index is 11.7. The van der Waals surface area contributed by atoms with Gasteiger partial charge in [-0.3, -0.25) is 14.9 Å². The molecule has 2 aliphatic rings. The Morgan fingerprint density at radius 3 is 2.24 bits per heavy atom. The van der Waals surface area contributed by atoms with E-state index in [-0.39, 0.29) is 0 Å². The zero-order valence-corrected chi connectivity index (χ0v) is 9.92. The molecule has 0 saturated carbocycles. The Labute approximate surface area is 103 Å². The van der Waals surface area contributed by atoms with Crippen molar-refractivity contribution in [1.29, 1.82) is 10.5 Å². The van der Waals surface area contributed by atoms with E-state index in [1.54, 1.807) is 11.8 Å². The number of nitrogens with one attached hydrogen (secondary N) is 1. The van der Waals surface area contributed by atoms with Gasteiger partial charge in [0.25, 0.3) is 0 Å². The number of nitrogens with zero attached hydrogens (tertiary/aromatic N) is 2. The Morgan fingerprint density at radius 2 is 1.82 bits per heavy atom. The van der Waals surface area contributed by atoms with E-state index in [0.717, 1.165) is 12.2 Å². The van der Waals surface area contributed by atoms with Gasteiger partial charge in [-0.15, -0.1) is 0 Å². The third-order valence-electron chi connectivity index (χ3n) is 3.48. The van der Waals surface area contributed by atoms with Gasteiger partial charge in [-0.2, -0.15) is 22.3 Å². The van der Waals surface area contributed by atoms with Gasteiger partial charge in [-0.05, 0) is 18.6 Å². The van der Waals surface area contributed by atoms with Crippen LogP contribution in [0.2, 0.25) is 0 Å². The minimum Gasteiger partial charge on any atom is -0.294 e. The fraction of sp³-hybridized carbons (Fsp3) is 0.636. The van der Waals surface area contributed by atoms with Gasteiger partial charge >= 0.3 is 0 Å². The fourth-order valence-corrected chi connectivity index (χ4v) is 3.97. The summed E-state index contributed by atoms with van der Waals surface area (Å²) in [6, 6.07) is 3.94. The molecule has 0 aromatic rings. The Balaban J connectivity index is 2.46. The lowest BCUT2D eigenvalue weighted by Gasteiger charge is -2.44. The summed E-state index contributed by atoms with van der Waals surface area (Å²) in [6.07, 6.45) is 1.43. The van der Waals surface area contributed by atoms with E-state index in [4.69, 9.17) is 10.5 Å². The van der Waals surface area contributed by atoms with Gasteiger partial charge in [0.2, 0.25) is 11.8 Å². The van der Waals surface area contributed by atoms with E-state index in [9.17, 15) is 9.59 Å². The number of piperidine rings is 1. The summed E-state index contributed by atoms with van der Waals surface area (Å²) < 4.78 is 0. The lowest BCUT2D eigenvalue weighted by atomic mass is 9.63. The monoisotopic (exact) mass is 249 g/mol. The first-order valence-corrected chi connectivity index (χ1v) is 6.53. The van der Waals surface area contributed by atoms with E-state index in [2.05, 4.69) is 5.32 Å². The number of hydrogen-bond acceptors (Lipinski definition) is 5. The van der Waals surface area contributed by atoms with Crippen molar-refractivity contribution in [3.63, 3.8) is 0 Å². The molecule has 2 amide bonds. The van der Waals surface area contributed by atoms with Crippen molar-refractivity contribution in [2.45, 2.75) is 12.8 Å². The van der Waals surface area contributed by atoms with Crippen LogP contribution in [0, 0.1) is 39.9 Å². The molecule has 5 nitrogen and oxygen atoms in total. The summed E-state index contributed by atoms with van der Waals surface area (Å²) in [7, 11) is 0. The molecule has 0 aromatic heterocycles. The van der Waals surface area contributed by atoms with Crippen molar-refractivity contribution >= 4 is 23.6 Å². The van der Waals surface area contributed by atoms with Crippen molar-refractivity contribution in [3.05, 3.63) is 0 Å². The summed E-state index contributed by atoms with van der Waals surface area (Å²) in [4.78, 5) is 23.4. The normalized spacial score (nSPS) is 37.1. The third kappa shape index (κ3) is 1.69. The molecule has 2 saturated heterocycles. The minimum atomic E-state index is -0.891. The Hall–Kier alpha value is -1.53. The smallest absolute Gasteiger partial charge is 0.244 e. The molecule has 2 rings (SSSR count). The first kappa shape index (κ1) is 11.9. The molecular formula is C11H11N3O2S. The molecule has 2 atom stereocenters. The SMILES string of the molecule is N#CC1C(=O)NC(=O)C(C#N)C12CCCSC2. The third-order valence-corrected chi connectivity index (χ3v) is 4.80. The second-order valence-corrected chi connectivity index (χ2v) is 5.47. The number of carbonyl (C=O) groups excluding carboxylic acids is 2. The van der Waals surface area contributed by atoms with Crippen LogP contribution in [-0.2, 0) is 9.59 Å². The molecule has 1 N–H and O–H groups in total. The first-order valence-electron chi connectivity index (χ1n) is 5.37. The number of nitriles is 2. The molecule has 0 aliphatic carbocycles. The maximum atomic E-state index is 11.7. The molecule has 17 heavy (non-hydrogen) atoms. The van der Waals surface area contributed by atoms with Crippen LogP contribution in [0.5, 0.6) is 0 Å². The Morgan fingerprint density at radius 1 is 1.24 bits per heavy atom. The average Bonchev–Trinajstić information content (AvgIpc) is 2.30. The van der Waals surface area contributed by atoms with E-state index in [1.165, 1.54) is 0 Å². The number of hydrogen-bond donors (Lipinski definition) is 1. The first-order chi connectivity index (χ1) is 8.15. The van der Waals surface area contributed by atoms with Crippen LogP contribution >= 0.6 is 11.8 Å². The predicted molar refractivity (Wildman–Crippen MR) is 60.3 cm³/mol. The number of carbonyl (C=O) groups is 2.